The van der Waals surface area contributed by atoms with E-state index in [0.29, 0.717) is 0 Å². The molecule has 0 atom stereocenters. The van der Waals surface area contributed by atoms with Gasteiger partial charge in [0.2, 0.25) is 0 Å². The first kappa shape index (κ1) is 31.5. The summed E-state index contributed by atoms with van der Waals surface area (Å²) in [6.07, 6.45) is 2.24. The summed E-state index contributed by atoms with van der Waals surface area (Å²) in [5, 5.41) is 0. The standard InChI is InChI=1S/C46H40N2O/c1-3-10-36-17-23-41(24-18-36)47(39-11-6-4-7-12-39)42-25-19-37(20-26-42)38-21-27-43(28-22-38)48(40-13-8-5-9-14-40)44-29-33-46(34-30-44)49-45-31-15-35(2)16-32-45/h4-9,11-34H,3,10H2,1-2H3. The van der Waals surface area contributed by atoms with Crippen LogP contribution in [-0.2, 0) is 6.42 Å². The van der Waals surface area contributed by atoms with Crippen LogP contribution in [0, 0.1) is 6.92 Å². The largest absolute Gasteiger partial charge is 0.457 e. The van der Waals surface area contributed by atoms with Gasteiger partial charge in [0, 0.05) is 34.1 Å². The first-order valence-corrected chi connectivity index (χ1v) is 17.0. The molecular formula is C46H40N2O. The molecular weight excluding hydrogens is 597 g/mol. The van der Waals surface area contributed by atoms with Crippen LogP contribution in [0.25, 0.3) is 11.1 Å². The van der Waals surface area contributed by atoms with Gasteiger partial charge in [0.05, 0.1) is 0 Å². The summed E-state index contributed by atoms with van der Waals surface area (Å²) in [7, 11) is 0. The maximum atomic E-state index is 6.11. The molecule has 0 radical (unpaired) electrons. The Morgan fingerprint density at radius 1 is 0.388 bits per heavy atom. The number of nitrogens with zero attached hydrogens (tertiary/aromatic N) is 2. The second kappa shape index (κ2) is 14.8. The van der Waals surface area contributed by atoms with Crippen LogP contribution in [-0.4, -0.2) is 0 Å². The summed E-state index contributed by atoms with van der Waals surface area (Å²) in [6, 6.07) is 64.1. The van der Waals surface area contributed by atoms with Crippen molar-refractivity contribution in [1.82, 2.24) is 0 Å². The number of rotatable bonds is 11. The van der Waals surface area contributed by atoms with E-state index in [1.165, 1.54) is 22.3 Å². The summed E-state index contributed by atoms with van der Waals surface area (Å²) in [5.74, 6) is 1.63. The molecule has 3 nitrogen and oxygen atoms in total. The zero-order valence-corrected chi connectivity index (χ0v) is 28.0. The highest BCUT2D eigenvalue weighted by Crippen LogP contribution is 2.38. The van der Waals surface area contributed by atoms with E-state index in [9.17, 15) is 0 Å². The predicted octanol–water partition coefficient (Wildman–Crippen LogP) is 13.3. The van der Waals surface area contributed by atoms with Crippen molar-refractivity contribution < 1.29 is 4.74 Å². The Hall–Kier alpha value is -6.06. The molecule has 0 heterocycles. The minimum absolute atomic E-state index is 0.804. The summed E-state index contributed by atoms with van der Waals surface area (Å²) >= 11 is 0. The fraction of sp³-hybridized carbons (Fsp3) is 0.0870. The van der Waals surface area contributed by atoms with E-state index in [4.69, 9.17) is 4.74 Å². The van der Waals surface area contributed by atoms with E-state index in [0.717, 1.165) is 58.5 Å². The zero-order valence-electron chi connectivity index (χ0n) is 28.0. The number of benzene rings is 7. The molecule has 7 aromatic carbocycles. The van der Waals surface area contributed by atoms with Gasteiger partial charge in [0.25, 0.3) is 0 Å². The van der Waals surface area contributed by atoms with Gasteiger partial charge in [-0.05, 0) is 127 Å². The summed E-state index contributed by atoms with van der Waals surface area (Å²) in [4.78, 5) is 4.59. The minimum Gasteiger partial charge on any atom is -0.457 e. The Kier molecular flexibility index (Phi) is 9.52. The number of anilines is 6. The average molecular weight is 637 g/mol. The van der Waals surface area contributed by atoms with Gasteiger partial charge in [0.1, 0.15) is 11.5 Å². The quantitative estimate of drug-likeness (QED) is 0.140. The first-order valence-electron chi connectivity index (χ1n) is 17.0. The number of para-hydroxylation sites is 2. The SMILES string of the molecule is CCCc1ccc(N(c2ccccc2)c2ccc(-c3ccc(N(c4ccccc4)c4ccc(Oc5ccc(C)cc5)cc4)cc3)cc2)cc1. The highest BCUT2D eigenvalue weighted by molar-refractivity contribution is 5.80. The lowest BCUT2D eigenvalue weighted by atomic mass is 10.0. The lowest BCUT2D eigenvalue weighted by Gasteiger charge is -2.26. The van der Waals surface area contributed by atoms with Gasteiger partial charge in [0.15, 0.2) is 0 Å². The molecule has 0 aliphatic heterocycles. The lowest BCUT2D eigenvalue weighted by Crippen LogP contribution is -2.10. The average Bonchev–Trinajstić information content (AvgIpc) is 3.16. The maximum absolute atomic E-state index is 6.11. The van der Waals surface area contributed by atoms with Crippen molar-refractivity contribution in [3.8, 4) is 22.6 Å². The maximum Gasteiger partial charge on any atom is 0.127 e. The summed E-state index contributed by atoms with van der Waals surface area (Å²) in [5.41, 5.74) is 11.6. The monoisotopic (exact) mass is 636 g/mol. The summed E-state index contributed by atoms with van der Waals surface area (Å²) < 4.78 is 6.11. The normalized spacial score (nSPS) is 10.8. The van der Waals surface area contributed by atoms with Crippen molar-refractivity contribution in [1.29, 1.82) is 0 Å². The van der Waals surface area contributed by atoms with Gasteiger partial charge in [-0.15, -0.1) is 0 Å². The predicted molar refractivity (Wildman–Crippen MR) is 206 cm³/mol. The molecule has 0 saturated carbocycles. The van der Waals surface area contributed by atoms with Crippen molar-refractivity contribution in [2.24, 2.45) is 0 Å². The van der Waals surface area contributed by atoms with Crippen LogP contribution in [0.3, 0.4) is 0 Å². The van der Waals surface area contributed by atoms with Crippen molar-refractivity contribution in [3.05, 3.63) is 193 Å². The van der Waals surface area contributed by atoms with Crippen molar-refractivity contribution in [2.45, 2.75) is 26.7 Å². The number of hydrogen-bond acceptors (Lipinski definition) is 3. The second-order valence-corrected chi connectivity index (χ2v) is 12.3. The Morgan fingerprint density at radius 2 is 0.735 bits per heavy atom. The van der Waals surface area contributed by atoms with Crippen molar-refractivity contribution in [3.63, 3.8) is 0 Å². The second-order valence-electron chi connectivity index (χ2n) is 12.3. The van der Waals surface area contributed by atoms with Crippen molar-refractivity contribution >= 4 is 34.1 Å². The Balaban J connectivity index is 1.14. The van der Waals surface area contributed by atoms with Gasteiger partial charge in [-0.3, -0.25) is 0 Å². The third kappa shape index (κ3) is 7.42. The topological polar surface area (TPSA) is 15.7 Å². The molecule has 0 N–H and O–H groups in total. The zero-order chi connectivity index (χ0) is 33.4. The van der Waals surface area contributed by atoms with Crippen LogP contribution < -0.4 is 14.5 Å². The van der Waals surface area contributed by atoms with E-state index < -0.39 is 0 Å². The molecule has 7 aromatic rings. The van der Waals surface area contributed by atoms with Crippen LogP contribution in [0.1, 0.15) is 24.5 Å². The Bertz CT molecular complexity index is 2050. The first-order chi connectivity index (χ1) is 24.1. The Labute approximate surface area is 290 Å². The highest BCUT2D eigenvalue weighted by atomic mass is 16.5. The highest BCUT2D eigenvalue weighted by Gasteiger charge is 2.15. The van der Waals surface area contributed by atoms with E-state index in [2.05, 4.69) is 175 Å². The van der Waals surface area contributed by atoms with Gasteiger partial charge < -0.3 is 14.5 Å². The van der Waals surface area contributed by atoms with Gasteiger partial charge in [-0.25, -0.2) is 0 Å². The van der Waals surface area contributed by atoms with Crippen molar-refractivity contribution in [2.75, 3.05) is 9.80 Å². The van der Waals surface area contributed by atoms with E-state index in [1.54, 1.807) is 0 Å². The van der Waals surface area contributed by atoms with E-state index in [-0.39, 0.29) is 0 Å². The molecule has 0 bridgehead atoms. The third-order valence-electron chi connectivity index (χ3n) is 8.70. The van der Waals surface area contributed by atoms with Gasteiger partial charge >= 0.3 is 0 Å². The molecule has 0 aromatic heterocycles. The van der Waals surface area contributed by atoms with Gasteiger partial charge in [-0.1, -0.05) is 104 Å². The molecule has 0 aliphatic carbocycles. The van der Waals surface area contributed by atoms with E-state index in [1.807, 2.05) is 30.3 Å². The molecule has 0 unspecified atom stereocenters. The molecule has 0 fully saturated rings. The number of aryl methyl sites for hydroxylation is 2. The van der Waals surface area contributed by atoms with Crippen LogP contribution in [0.15, 0.2) is 182 Å². The van der Waals surface area contributed by atoms with Crippen LogP contribution in [0.2, 0.25) is 0 Å². The fourth-order valence-electron chi connectivity index (χ4n) is 6.16. The van der Waals surface area contributed by atoms with Crippen LogP contribution in [0.5, 0.6) is 11.5 Å². The minimum atomic E-state index is 0.804. The molecule has 3 heteroatoms. The third-order valence-corrected chi connectivity index (χ3v) is 8.70. The smallest absolute Gasteiger partial charge is 0.127 e. The van der Waals surface area contributed by atoms with Gasteiger partial charge in [-0.2, -0.15) is 0 Å². The van der Waals surface area contributed by atoms with Crippen LogP contribution >= 0.6 is 0 Å². The number of ether oxygens (including phenoxy) is 1. The molecule has 240 valence electrons. The molecule has 7 rings (SSSR count). The molecule has 0 amide bonds. The molecule has 49 heavy (non-hydrogen) atoms. The Morgan fingerprint density at radius 3 is 1.14 bits per heavy atom. The van der Waals surface area contributed by atoms with Crippen LogP contribution in [0.4, 0.5) is 34.1 Å². The molecule has 0 spiro atoms. The fourth-order valence-corrected chi connectivity index (χ4v) is 6.16. The summed E-state index contributed by atoms with van der Waals surface area (Å²) in [6.45, 7) is 4.30. The molecule has 0 saturated heterocycles. The lowest BCUT2D eigenvalue weighted by molar-refractivity contribution is 0.482. The van der Waals surface area contributed by atoms with E-state index >= 15 is 0 Å². The number of hydrogen-bond donors (Lipinski definition) is 0. The molecule has 0 aliphatic rings.